The second kappa shape index (κ2) is 11.2. The van der Waals surface area contributed by atoms with Crippen LogP contribution in [0.15, 0.2) is 96.2 Å². The third-order valence-electron chi connectivity index (χ3n) is 7.22. The van der Waals surface area contributed by atoms with Gasteiger partial charge in [0.1, 0.15) is 5.82 Å². The van der Waals surface area contributed by atoms with Crippen LogP contribution < -0.4 is 5.73 Å². The minimum absolute atomic E-state index is 0.181. The van der Waals surface area contributed by atoms with Gasteiger partial charge in [-0.15, -0.1) is 0 Å². The number of benzene rings is 3. The van der Waals surface area contributed by atoms with Crippen LogP contribution in [0.3, 0.4) is 0 Å². The fourth-order valence-electron chi connectivity index (χ4n) is 4.81. The van der Waals surface area contributed by atoms with E-state index in [1.54, 1.807) is 0 Å². The molecule has 0 radical (unpaired) electrons. The lowest BCUT2D eigenvalue weighted by molar-refractivity contribution is 0.0341. The number of nitrogens with zero attached hydrogens (tertiary/aromatic N) is 3. The Hall–Kier alpha value is -4.33. The smallest absolute Gasteiger partial charge is 0.151 e. The Kier molecular flexibility index (Phi) is 7.17. The fraction of sp³-hybridized carbons (Fsp3) is 0.219. The van der Waals surface area contributed by atoms with E-state index in [9.17, 15) is 0 Å². The van der Waals surface area contributed by atoms with Crippen molar-refractivity contribution >= 4 is 5.71 Å². The molecule has 196 valence electrons. The molecular weight excluding hydrogens is 484 g/mol. The van der Waals surface area contributed by atoms with Crippen LogP contribution in [0, 0.1) is 0 Å². The first-order chi connectivity index (χ1) is 19.1. The molecule has 1 aliphatic rings. The first-order valence-corrected chi connectivity index (χ1v) is 13.4. The molecule has 3 heterocycles. The highest BCUT2D eigenvalue weighted by molar-refractivity contribution is 5.98. The van der Waals surface area contributed by atoms with Gasteiger partial charge in [-0.25, -0.2) is 9.97 Å². The number of hydrogen-bond acceptors (Lipinski definition) is 5. The molecule has 4 N–H and O–H groups in total. The normalized spacial score (nSPS) is 14.8. The summed E-state index contributed by atoms with van der Waals surface area (Å²) in [5.74, 6) is 1.60. The molecule has 2 atom stereocenters. The molecule has 1 aliphatic heterocycles. The molecule has 0 spiro atoms. The van der Waals surface area contributed by atoms with Crippen molar-refractivity contribution < 1.29 is 4.74 Å². The van der Waals surface area contributed by atoms with Crippen molar-refractivity contribution in [3.63, 3.8) is 0 Å². The number of H-pyrrole nitrogens is 2. The number of aromatic nitrogens is 4. The topological polar surface area (TPSA) is 105 Å². The monoisotopic (exact) mass is 516 g/mol. The SMILES string of the molecule is C[C@@H](OCc1ccccc1)[C@H](N)c1ncc(-c2ccc(-c3ccc(-c4cnc(C5=NCCC5)[nH]4)cc3)cc2)[nH]1. The van der Waals surface area contributed by atoms with Crippen LogP contribution in [-0.4, -0.2) is 38.3 Å². The predicted octanol–water partition coefficient (Wildman–Crippen LogP) is 6.32. The molecule has 39 heavy (non-hydrogen) atoms. The summed E-state index contributed by atoms with van der Waals surface area (Å²) < 4.78 is 5.99. The highest BCUT2D eigenvalue weighted by atomic mass is 16.5. The van der Waals surface area contributed by atoms with Gasteiger partial charge < -0.3 is 20.4 Å². The Morgan fingerprint density at radius 3 is 2.05 bits per heavy atom. The van der Waals surface area contributed by atoms with E-state index in [0.717, 1.165) is 70.1 Å². The van der Waals surface area contributed by atoms with Crippen molar-refractivity contribution in [2.45, 2.75) is 38.5 Å². The van der Waals surface area contributed by atoms with Crippen molar-refractivity contribution in [3.05, 3.63) is 108 Å². The molecule has 0 unspecified atom stereocenters. The Morgan fingerprint density at radius 1 is 0.795 bits per heavy atom. The molecule has 7 nitrogen and oxygen atoms in total. The van der Waals surface area contributed by atoms with E-state index in [1.165, 1.54) is 0 Å². The minimum atomic E-state index is -0.350. The van der Waals surface area contributed by atoms with Crippen molar-refractivity contribution in [2.24, 2.45) is 10.7 Å². The molecule has 2 aromatic heterocycles. The van der Waals surface area contributed by atoms with Gasteiger partial charge in [-0.1, -0.05) is 78.9 Å². The summed E-state index contributed by atoms with van der Waals surface area (Å²) in [6.07, 6.45) is 5.65. The number of aromatic amines is 2. The summed E-state index contributed by atoms with van der Waals surface area (Å²) in [6, 6.07) is 26.7. The molecule has 0 saturated heterocycles. The number of hydrogen-bond donors (Lipinski definition) is 3. The Morgan fingerprint density at radius 2 is 1.41 bits per heavy atom. The Balaban J connectivity index is 1.10. The first kappa shape index (κ1) is 25.0. The Labute approximate surface area is 228 Å². The zero-order valence-electron chi connectivity index (χ0n) is 22.0. The van der Waals surface area contributed by atoms with Crippen LogP contribution in [-0.2, 0) is 11.3 Å². The molecule has 6 rings (SSSR count). The predicted molar refractivity (Wildman–Crippen MR) is 155 cm³/mol. The van der Waals surface area contributed by atoms with Gasteiger partial charge in [-0.2, -0.15) is 0 Å². The average Bonchev–Trinajstić information content (AvgIpc) is 3.78. The first-order valence-electron chi connectivity index (χ1n) is 13.4. The summed E-state index contributed by atoms with van der Waals surface area (Å²) in [5.41, 5.74) is 15.1. The number of aliphatic imine (C=N–C) groups is 1. The molecule has 0 bridgehead atoms. The molecule has 7 heteroatoms. The zero-order chi connectivity index (χ0) is 26.6. The maximum Gasteiger partial charge on any atom is 0.151 e. The largest absolute Gasteiger partial charge is 0.372 e. The lowest BCUT2D eigenvalue weighted by atomic mass is 10.0. The molecule has 3 aromatic carbocycles. The van der Waals surface area contributed by atoms with E-state index >= 15 is 0 Å². The summed E-state index contributed by atoms with van der Waals surface area (Å²) in [6.45, 7) is 3.40. The Bertz CT molecular complexity index is 1550. The molecule has 0 amide bonds. The van der Waals surface area contributed by atoms with Crippen LogP contribution in [0.2, 0.25) is 0 Å². The van der Waals surface area contributed by atoms with Crippen LogP contribution in [0.1, 0.15) is 43.0 Å². The summed E-state index contributed by atoms with van der Waals surface area (Å²) >= 11 is 0. The number of rotatable bonds is 9. The highest BCUT2D eigenvalue weighted by Crippen LogP contribution is 2.27. The third kappa shape index (κ3) is 5.60. The van der Waals surface area contributed by atoms with Gasteiger partial charge in [0, 0.05) is 6.54 Å². The van der Waals surface area contributed by atoms with Gasteiger partial charge in [0.15, 0.2) is 5.82 Å². The summed E-state index contributed by atoms with van der Waals surface area (Å²) in [4.78, 5) is 20.4. The van der Waals surface area contributed by atoms with Gasteiger partial charge >= 0.3 is 0 Å². The minimum Gasteiger partial charge on any atom is -0.372 e. The molecule has 0 fully saturated rings. The number of nitrogens with two attached hydrogens (primary N) is 1. The van der Waals surface area contributed by atoms with Crippen LogP contribution in [0.5, 0.6) is 0 Å². The number of nitrogens with one attached hydrogen (secondary N) is 2. The van der Waals surface area contributed by atoms with Crippen molar-refractivity contribution in [1.29, 1.82) is 0 Å². The summed E-state index contributed by atoms with van der Waals surface area (Å²) in [7, 11) is 0. The fourth-order valence-corrected chi connectivity index (χ4v) is 4.81. The van der Waals surface area contributed by atoms with Gasteiger partial charge in [0.2, 0.25) is 0 Å². The van der Waals surface area contributed by atoms with Crippen molar-refractivity contribution in [1.82, 2.24) is 19.9 Å². The van der Waals surface area contributed by atoms with Gasteiger partial charge in [-0.05, 0) is 47.6 Å². The van der Waals surface area contributed by atoms with Gasteiger partial charge in [0.05, 0.1) is 48.2 Å². The lowest BCUT2D eigenvalue weighted by Gasteiger charge is -2.18. The van der Waals surface area contributed by atoms with Crippen molar-refractivity contribution in [2.75, 3.05) is 6.54 Å². The van der Waals surface area contributed by atoms with E-state index in [4.69, 9.17) is 10.5 Å². The van der Waals surface area contributed by atoms with Crippen LogP contribution >= 0.6 is 0 Å². The molecule has 0 saturated carbocycles. The van der Waals surface area contributed by atoms with E-state index in [1.807, 2.05) is 49.6 Å². The van der Waals surface area contributed by atoms with Crippen molar-refractivity contribution in [3.8, 4) is 33.6 Å². The second-order valence-corrected chi connectivity index (χ2v) is 9.94. The maximum absolute atomic E-state index is 6.45. The number of imidazole rings is 2. The van der Waals surface area contributed by atoms with E-state index < -0.39 is 0 Å². The zero-order valence-corrected chi connectivity index (χ0v) is 22.0. The molecular formula is C32H32N6O. The molecule has 5 aromatic rings. The van der Waals surface area contributed by atoms with Crippen LogP contribution in [0.4, 0.5) is 0 Å². The number of ether oxygens (including phenoxy) is 1. The maximum atomic E-state index is 6.45. The molecule has 0 aliphatic carbocycles. The second-order valence-electron chi connectivity index (χ2n) is 9.94. The van der Waals surface area contributed by atoms with Crippen LogP contribution in [0.25, 0.3) is 33.6 Å². The van der Waals surface area contributed by atoms with Gasteiger partial charge in [0.25, 0.3) is 0 Å². The van der Waals surface area contributed by atoms with E-state index in [-0.39, 0.29) is 12.1 Å². The van der Waals surface area contributed by atoms with Gasteiger partial charge in [-0.3, -0.25) is 4.99 Å². The average molecular weight is 517 g/mol. The van der Waals surface area contributed by atoms with E-state index in [0.29, 0.717) is 12.4 Å². The quantitative estimate of drug-likeness (QED) is 0.213. The summed E-state index contributed by atoms with van der Waals surface area (Å²) in [5, 5.41) is 0. The van der Waals surface area contributed by atoms with E-state index in [2.05, 4.69) is 73.5 Å². The third-order valence-corrected chi connectivity index (χ3v) is 7.22. The lowest BCUT2D eigenvalue weighted by Crippen LogP contribution is -2.27. The standard InChI is InChI=1S/C32H32N6O/c1-21(39-20-22-6-3-2-4-7-22)30(33)32-36-19-29(38-32)26-15-11-24(12-16-26)23-9-13-25(14-10-23)28-18-35-31(37-28)27-8-5-17-34-27/h2-4,6-7,9-16,18-19,21,30H,5,8,17,20,33H2,1H3,(H,35,37)(H,36,38)/t21-,30+/m1/s1. The highest BCUT2D eigenvalue weighted by Gasteiger charge is 2.19.